The molecule has 554 valence electrons. The van der Waals surface area contributed by atoms with Gasteiger partial charge < -0.3 is 54.0 Å². The Bertz CT molecular complexity index is 3760. The van der Waals surface area contributed by atoms with Crippen LogP contribution < -0.4 is 15.0 Å². The van der Waals surface area contributed by atoms with Gasteiger partial charge in [0.1, 0.15) is 30.5 Å². The first kappa shape index (κ1) is 81.6. The summed E-state index contributed by atoms with van der Waals surface area (Å²) >= 11 is 0. The number of piperidine rings is 2. The van der Waals surface area contributed by atoms with Gasteiger partial charge in [-0.05, 0) is 142 Å². The molecule has 0 saturated carbocycles. The number of carbonyl (C=O) groups excluding carboxylic acids is 4. The number of ether oxygens (including phenoxy) is 3. The largest absolute Gasteiger partial charge is 0.496 e. The van der Waals surface area contributed by atoms with Crippen molar-refractivity contribution in [3.8, 4) is 16.9 Å². The number of amides is 5. The number of halogens is 10. The maximum atomic E-state index is 14.3. The summed E-state index contributed by atoms with van der Waals surface area (Å²) in [4.78, 5) is 79.1. The van der Waals surface area contributed by atoms with Crippen LogP contribution in [0.1, 0.15) is 113 Å². The van der Waals surface area contributed by atoms with E-state index in [1.54, 1.807) is 40.9 Å². The lowest BCUT2D eigenvalue weighted by Gasteiger charge is -2.44. The van der Waals surface area contributed by atoms with Crippen molar-refractivity contribution in [2.45, 2.75) is 106 Å². The van der Waals surface area contributed by atoms with Gasteiger partial charge in [0.05, 0.1) is 42.1 Å². The summed E-state index contributed by atoms with van der Waals surface area (Å²) in [6.07, 6.45) is -4.70. The number of likely N-dealkylation sites (tertiary alicyclic amines) is 2. The fourth-order valence-electron chi connectivity index (χ4n) is 14.4. The molecule has 6 aromatic rings. The number of fused-ring (bicyclic) bond motifs is 2. The van der Waals surface area contributed by atoms with E-state index in [0.717, 1.165) is 65.2 Å². The van der Waals surface area contributed by atoms with E-state index < -0.39 is 64.6 Å². The van der Waals surface area contributed by atoms with Crippen LogP contribution in [0.5, 0.6) is 5.75 Å². The summed E-state index contributed by atoms with van der Waals surface area (Å²) in [6, 6.07) is 37.0. The van der Waals surface area contributed by atoms with Crippen molar-refractivity contribution in [1.29, 1.82) is 0 Å². The van der Waals surface area contributed by atoms with Crippen molar-refractivity contribution in [1.82, 2.24) is 29.4 Å². The van der Waals surface area contributed by atoms with Crippen LogP contribution in [0.4, 0.5) is 46.9 Å². The van der Waals surface area contributed by atoms with E-state index in [2.05, 4.69) is 27.2 Å². The average Bonchev–Trinajstić information content (AvgIpc) is 1.57. The van der Waals surface area contributed by atoms with Crippen LogP contribution >= 0.6 is 37.2 Å². The number of benzene rings is 6. The van der Waals surface area contributed by atoms with Gasteiger partial charge in [0.2, 0.25) is 11.8 Å². The number of unbranched alkanes of at least 4 members (excludes halogenated alkanes) is 2. The third-order valence-corrected chi connectivity index (χ3v) is 20.1. The Morgan fingerprint density at radius 2 is 1.30 bits per heavy atom. The van der Waals surface area contributed by atoms with Crippen molar-refractivity contribution in [3.05, 3.63) is 184 Å². The van der Waals surface area contributed by atoms with E-state index in [1.165, 1.54) is 36.3 Å². The molecule has 10 rings (SSSR count). The zero-order valence-electron chi connectivity index (χ0n) is 57.6. The number of carbonyl (C=O) groups is 5. The first-order valence-electron chi connectivity index (χ1n) is 33.8. The summed E-state index contributed by atoms with van der Waals surface area (Å²) in [5, 5.41) is 13.8. The van der Waals surface area contributed by atoms with Gasteiger partial charge >= 0.3 is 18.4 Å². The van der Waals surface area contributed by atoms with Crippen molar-refractivity contribution in [3.63, 3.8) is 0 Å². The second kappa shape index (κ2) is 36.1. The SMILES string of the molecule is COc1cc(NCCCCCC(=O)N(C)CCN2CCC(N(C(=O)O)c3ccccc3-c3ccccc3)CC2)ccc1C(=O)N(C)CCCN(C)C(=O)CO[C@H]1Cc2ccccc2C12CCN(CC[C@@]1(c3ccc(F)cc3)CN(C(=O)c3cc(C(F)(F)F)cc(C(F)(F)F)c3)CO1)CC2.Cl.Cl.Cl. The lowest BCUT2D eigenvalue weighted by Crippen LogP contribution is -2.50. The number of likely N-dealkylation sites (N-methyl/N-ethyl adjacent to an activating group) is 2. The molecular weight excluding hydrogens is 1400 g/mol. The molecule has 1 aliphatic carbocycles. The normalized spacial score (nSPS) is 17.5. The Balaban J connectivity index is 0.00000486. The quantitative estimate of drug-likeness (QED) is 0.0370. The number of methoxy groups -OCH3 is 1. The highest BCUT2D eigenvalue weighted by Gasteiger charge is 2.50. The summed E-state index contributed by atoms with van der Waals surface area (Å²) < 4.78 is 116. The minimum absolute atomic E-state index is 0. The Morgan fingerprint density at radius 3 is 1.97 bits per heavy atom. The van der Waals surface area contributed by atoms with Crippen molar-refractivity contribution < 1.29 is 74.0 Å². The van der Waals surface area contributed by atoms with E-state index in [1.807, 2.05) is 79.8 Å². The van der Waals surface area contributed by atoms with Crippen LogP contribution in [-0.4, -0.2) is 190 Å². The molecule has 3 heterocycles. The lowest BCUT2D eigenvalue weighted by atomic mass is 9.72. The molecule has 1 spiro atoms. The van der Waals surface area contributed by atoms with Crippen LogP contribution in [0.3, 0.4) is 0 Å². The number of hydrogen-bond acceptors (Lipinski definition) is 11. The van der Waals surface area contributed by atoms with Gasteiger partial charge in [-0.1, -0.05) is 91.3 Å². The first-order valence-corrected chi connectivity index (χ1v) is 33.8. The van der Waals surface area contributed by atoms with E-state index in [0.29, 0.717) is 132 Å². The van der Waals surface area contributed by atoms with Gasteiger partial charge in [-0.25, -0.2) is 9.18 Å². The molecule has 0 unspecified atom stereocenters. The van der Waals surface area contributed by atoms with Crippen LogP contribution in [0.15, 0.2) is 140 Å². The maximum absolute atomic E-state index is 14.3. The number of nitrogens with one attached hydrogen (secondary N) is 1. The van der Waals surface area contributed by atoms with E-state index in [4.69, 9.17) is 14.2 Å². The molecule has 3 saturated heterocycles. The third-order valence-electron chi connectivity index (χ3n) is 20.1. The summed E-state index contributed by atoms with van der Waals surface area (Å²) in [6.45, 7) is 4.94. The fraction of sp³-hybridized carbons (Fsp3) is 0.453. The number of para-hydroxylation sites is 1. The summed E-state index contributed by atoms with van der Waals surface area (Å²) in [5.41, 5.74) is 0.777. The second-order valence-corrected chi connectivity index (χ2v) is 26.5. The molecule has 2 atom stereocenters. The van der Waals surface area contributed by atoms with Gasteiger partial charge in [-0.2, -0.15) is 26.3 Å². The predicted molar refractivity (Wildman–Crippen MR) is 384 cm³/mol. The molecule has 0 aromatic heterocycles. The molecule has 6 aromatic carbocycles. The number of carboxylic acid groups (broad SMARTS) is 1. The smallest absolute Gasteiger partial charge is 0.416 e. The average molecular weight is 1490 g/mol. The monoisotopic (exact) mass is 1480 g/mol. The van der Waals surface area contributed by atoms with Crippen LogP contribution in [0, 0.1) is 5.82 Å². The standard InChI is InChI=1S/C75H87F7N8O9.3ClH/c1-84(35-15-36-86(3)70(94)62-28-27-59(48-65(62)97-4)83-34-14-6-9-22-67(91)85(2)42-43-87-37-29-60(30-38-87)90(71(95)96)64-21-13-11-19-61(64)52-16-7-5-8-17-52)68(92)49-98-66-46-53-18-10-12-20-63(53)72(66)31-39-88(40-32-72)41-33-73(55-23-25-58(76)26-24-55)50-89(51-99-73)69(93)54-44-56(74(77,78)79)47-57(45-54)75(80,81)82;;;/h5,7-8,10-13,16-21,23-28,44-45,47-48,60,66,83H,6,9,14-15,22,29-43,46,49-51H2,1-4H3,(H,95,96);3*1H/t66-,73-;;;/m0.../s1. The van der Waals surface area contributed by atoms with Gasteiger partial charge in [0, 0.05) is 114 Å². The maximum Gasteiger partial charge on any atom is 0.416 e. The van der Waals surface area contributed by atoms with E-state index in [-0.39, 0.29) is 92.7 Å². The fourth-order valence-corrected chi connectivity index (χ4v) is 14.4. The van der Waals surface area contributed by atoms with Crippen molar-refractivity contribution >= 4 is 78.3 Å². The van der Waals surface area contributed by atoms with Crippen LogP contribution in [0.2, 0.25) is 0 Å². The van der Waals surface area contributed by atoms with E-state index >= 15 is 0 Å². The predicted octanol–water partition coefficient (Wildman–Crippen LogP) is 14.2. The number of anilines is 2. The molecule has 3 fully saturated rings. The van der Waals surface area contributed by atoms with Gasteiger partial charge in [0.25, 0.3) is 11.8 Å². The Labute approximate surface area is 609 Å². The number of alkyl halides is 6. The van der Waals surface area contributed by atoms with Crippen molar-refractivity contribution in [2.75, 3.05) is 124 Å². The molecule has 2 N–H and O–H groups in total. The van der Waals surface area contributed by atoms with Crippen molar-refractivity contribution in [2.24, 2.45) is 0 Å². The second-order valence-electron chi connectivity index (χ2n) is 26.5. The van der Waals surface area contributed by atoms with E-state index in [9.17, 15) is 59.8 Å². The minimum atomic E-state index is -5.15. The molecular formula is C75H90Cl3F7N8O9. The molecule has 3 aliphatic heterocycles. The molecule has 0 bridgehead atoms. The zero-order valence-corrected chi connectivity index (χ0v) is 60.1. The summed E-state index contributed by atoms with van der Waals surface area (Å²) in [7, 11) is 6.76. The zero-order chi connectivity index (χ0) is 70.7. The number of nitrogens with zero attached hydrogens (tertiary/aromatic N) is 7. The number of rotatable bonds is 27. The molecule has 27 heteroatoms. The number of hydrogen-bond donors (Lipinski definition) is 2. The molecule has 102 heavy (non-hydrogen) atoms. The highest BCUT2D eigenvalue weighted by atomic mass is 35.5. The Morgan fingerprint density at radius 1 is 0.676 bits per heavy atom. The molecule has 5 amide bonds. The highest BCUT2D eigenvalue weighted by Crippen LogP contribution is 2.49. The third kappa shape index (κ3) is 19.8. The van der Waals surface area contributed by atoms with Gasteiger partial charge in [-0.15, -0.1) is 37.2 Å². The van der Waals surface area contributed by atoms with Gasteiger partial charge in [-0.3, -0.25) is 24.1 Å². The van der Waals surface area contributed by atoms with Gasteiger partial charge in [0.15, 0.2) is 0 Å². The first-order chi connectivity index (χ1) is 47.4. The summed E-state index contributed by atoms with van der Waals surface area (Å²) in [5.74, 6) is -1.56. The topological polar surface area (TPSA) is 168 Å². The molecule has 0 radical (unpaired) electrons. The highest BCUT2D eigenvalue weighted by molar-refractivity contribution is 5.98. The molecule has 17 nitrogen and oxygen atoms in total. The van der Waals surface area contributed by atoms with Crippen LogP contribution in [0.25, 0.3) is 11.1 Å². The Hall–Kier alpha value is -7.71. The van der Waals surface area contributed by atoms with Crippen LogP contribution in [-0.2, 0) is 48.9 Å². The minimum Gasteiger partial charge on any atom is -0.496 e. The molecule has 4 aliphatic rings. The lowest BCUT2D eigenvalue weighted by molar-refractivity contribution is -0.143. The Kier molecular flexibility index (Phi) is 28.9.